The predicted molar refractivity (Wildman–Crippen MR) is 101 cm³/mol. The van der Waals surface area contributed by atoms with Crippen LogP contribution >= 0.6 is 11.6 Å². The summed E-state index contributed by atoms with van der Waals surface area (Å²) in [7, 11) is 0. The number of hydrogen-bond donors (Lipinski definition) is 2. The van der Waals surface area contributed by atoms with Gasteiger partial charge in [0.25, 0.3) is 0 Å². The van der Waals surface area contributed by atoms with Gasteiger partial charge in [-0.05, 0) is 54.1 Å². The minimum Gasteiger partial charge on any atom is -0.489 e. The van der Waals surface area contributed by atoms with Crippen molar-refractivity contribution in [1.29, 1.82) is 0 Å². The van der Waals surface area contributed by atoms with Crippen molar-refractivity contribution in [2.45, 2.75) is 13.2 Å². The molecule has 1 heterocycles. The zero-order valence-corrected chi connectivity index (χ0v) is 15.0. The van der Waals surface area contributed by atoms with Crippen LogP contribution in [-0.4, -0.2) is 11.8 Å². The lowest BCUT2D eigenvalue weighted by Gasteiger charge is -2.09. The smallest absolute Gasteiger partial charge is 0.313 e. The second-order valence-electron chi connectivity index (χ2n) is 5.66. The molecule has 0 atom stereocenters. The minimum absolute atomic E-state index is 0.150. The summed E-state index contributed by atoms with van der Waals surface area (Å²) in [6, 6.07) is 17.5. The van der Waals surface area contributed by atoms with Crippen molar-refractivity contribution < 1.29 is 18.7 Å². The lowest BCUT2D eigenvalue weighted by Crippen LogP contribution is -2.34. The molecule has 0 fully saturated rings. The number of rotatable bonds is 6. The molecular formula is C20H17ClN2O4. The number of amides is 2. The fourth-order valence-corrected chi connectivity index (χ4v) is 2.36. The van der Waals surface area contributed by atoms with Crippen LogP contribution in [-0.2, 0) is 22.7 Å². The molecule has 0 aliphatic heterocycles. The van der Waals surface area contributed by atoms with E-state index >= 15 is 0 Å². The average molecular weight is 385 g/mol. The van der Waals surface area contributed by atoms with Gasteiger partial charge in [0.05, 0.1) is 12.8 Å². The van der Waals surface area contributed by atoms with Crippen LogP contribution in [0.1, 0.15) is 11.3 Å². The molecule has 3 rings (SSSR count). The molecule has 27 heavy (non-hydrogen) atoms. The lowest BCUT2D eigenvalue weighted by molar-refractivity contribution is -0.136. The Morgan fingerprint density at radius 3 is 2.37 bits per heavy atom. The Morgan fingerprint density at radius 2 is 1.70 bits per heavy atom. The van der Waals surface area contributed by atoms with Crippen LogP contribution in [0.2, 0.25) is 5.02 Å². The van der Waals surface area contributed by atoms with Crippen LogP contribution in [0, 0.1) is 0 Å². The maximum absolute atomic E-state index is 11.9. The number of ether oxygens (including phenoxy) is 1. The Kier molecular flexibility index (Phi) is 6.12. The number of benzene rings is 2. The van der Waals surface area contributed by atoms with E-state index in [0.29, 0.717) is 28.8 Å². The first-order valence-corrected chi connectivity index (χ1v) is 8.57. The van der Waals surface area contributed by atoms with E-state index in [-0.39, 0.29) is 6.54 Å². The molecule has 0 spiro atoms. The number of carbonyl (C=O) groups excluding carboxylic acids is 2. The first-order valence-electron chi connectivity index (χ1n) is 8.19. The maximum Gasteiger partial charge on any atom is 0.313 e. The van der Waals surface area contributed by atoms with Gasteiger partial charge in [0.15, 0.2) is 0 Å². The number of carbonyl (C=O) groups is 2. The van der Waals surface area contributed by atoms with Gasteiger partial charge >= 0.3 is 11.8 Å². The molecule has 0 aliphatic rings. The molecule has 0 aliphatic carbocycles. The van der Waals surface area contributed by atoms with Crippen molar-refractivity contribution in [2.75, 3.05) is 5.32 Å². The van der Waals surface area contributed by atoms with Gasteiger partial charge in [-0.25, -0.2) is 0 Å². The maximum atomic E-state index is 11.9. The van der Waals surface area contributed by atoms with E-state index in [2.05, 4.69) is 10.6 Å². The average Bonchev–Trinajstić information content (AvgIpc) is 3.20. The predicted octanol–water partition coefficient (Wildman–Crippen LogP) is 3.77. The van der Waals surface area contributed by atoms with Crippen molar-refractivity contribution in [3.63, 3.8) is 0 Å². The zero-order chi connectivity index (χ0) is 19.1. The highest BCUT2D eigenvalue weighted by molar-refractivity contribution is 6.39. The largest absolute Gasteiger partial charge is 0.489 e. The highest BCUT2D eigenvalue weighted by Crippen LogP contribution is 2.18. The Bertz CT molecular complexity index is 891. The van der Waals surface area contributed by atoms with Crippen LogP contribution < -0.4 is 15.4 Å². The summed E-state index contributed by atoms with van der Waals surface area (Å²) in [5.41, 5.74) is 1.48. The molecule has 2 amide bonds. The van der Waals surface area contributed by atoms with Crippen molar-refractivity contribution in [1.82, 2.24) is 5.32 Å². The van der Waals surface area contributed by atoms with Crippen LogP contribution in [0.5, 0.6) is 5.75 Å². The van der Waals surface area contributed by atoms with Gasteiger partial charge < -0.3 is 19.8 Å². The van der Waals surface area contributed by atoms with E-state index < -0.39 is 11.8 Å². The van der Waals surface area contributed by atoms with E-state index in [0.717, 1.165) is 5.56 Å². The Labute approximate surface area is 161 Å². The molecule has 138 valence electrons. The standard InChI is InChI=1S/C20H17ClN2O4/c21-15-5-3-14(4-6-15)13-27-17-9-7-16(8-10-17)23-20(25)19(24)22-12-18-2-1-11-26-18/h1-11H,12-13H2,(H,22,24)(H,23,25). The number of furan rings is 1. The van der Waals surface area contributed by atoms with E-state index in [4.69, 9.17) is 20.8 Å². The second kappa shape index (κ2) is 8.91. The van der Waals surface area contributed by atoms with Crippen LogP contribution in [0.25, 0.3) is 0 Å². The third-order valence-electron chi connectivity index (χ3n) is 3.64. The molecule has 0 bridgehead atoms. The normalized spacial score (nSPS) is 10.3. The summed E-state index contributed by atoms with van der Waals surface area (Å²) >= 11 is 5.85. The fraction of sp³-hybridized carbons (Fsp3) is 0.100. The van der Waals surface area contributed by atoms with Crippen molar-refractivity contribution in [2.24, 2.45) is 0 Å². The van der Waals surface area contributed by atoms with Gasteiger partial charge in [0.2, 0.25) is 0 Å². The SMILES string of the molecule is O=C(NCc1ccco1)C(=O)Nc1ccc(OCc2ccc(Cl)cc2)cc1. The molecule has 2 aromatic carbocycles. The first-order chi connectivity index (χ1) is 13.1. The molecule has 0 saturated carbocycles. The first kappa shape index (κ1) is 18.5. The Balaban J connectivity index is 1.47. The number of hydrogen-bond acceptors (Lipinski definition) is 4. The summed E-state index contributed by atoms with van der Waals surface area (Å²) in [6.07, 6.45) is 1.50. The van der Waals surface area contributed by atoms with Gasteiger partial charge in [-0.1, -0.05) is 23.7 Å². The molecule has 1 aromatic heterocycles. The van der Waals surface area contributed by atoms with E-state index in [1.165, 1.54) is 6.26 Å². The number of anilines is 1. The third-order valence-corrected chi connectivity index (χ3v) is 3.89. The monoisotopic (exact) mass is 384 g/mol. The second-order valence-corrected chi connectivity index (χ2v) is 6.09. The summed E-state index contributed by atoms with van der Waals surface area (Å²) in [4.78, 5) is 23.7. The molecule has 6 nitrogen and oxygen atoms in total. The Morgan fingerprint density at radius 1 is 0.963 bits per heavy atom. The van der Waals surface area contributed by atoms with Crippen LogP contribution in [0.15, 0.2) is 71.3 Å². The fourth-order valence-electron chi connectivity index (χ4n) is 2.23. The summed E-state index contributed by atoms with van der Waals surface area (Å²) in [5, 5.41) is 5.68. The van der Waals surface area contributed by atoms with Crippen molar-refractivity contribution in [3.8, 4) is 5.75 Å². The molecule has 3 aromatic rings. The van der Waals surface area contributed by atoms with Gasteiger partial charge in [0.1, 0.15) is 18.1 Å². The number of nitrogens with one attached hydrogen (secondary N) is 2. The zero-order valence-electron chi connectivity index (χ0n) is 14.3. The van der Waals surface area contributed by atoms with Gasteiger partial charge in [0, 0.05) is 10.7 Å². The number of halogens is 1. The van der Waals surface area contributed by atoms with Crippen LogP contribution in [0.4, 0.5) is 5.69 Å². The molecule has 0 radical (unpaired) electrons. The van der Waals surface area contributed by atoms with E-state index in [9.17, 15) is 9.59 Å². The Hall–Kier alpha value is -3.25. The van der Waals surface area contributed by atoms with Gasteiger partial charge in [-0.3, -0.25) is 9.59 Å². The molecule has 7 heteroatoms. The van der Waals surface area contributed by atoms with Crippen LogP contribution in [0.3, 0.4) is 0 Å². The van der Waals surface area contributed by atoms with Crippen molar-refractivity contribution >= 4 is 29.1 Å². The van der Waals surface area contributed by atoms with Crippen molar-refractivity contribution in [3.05, 3.63) is 83.3 Å². The third kappa shape index (κ3) is 5.62. The summed E-state index contributed by atoms with van der Waals surface area (Å²) in [6.45, 7) is 0.550. The van der Waals surface area contributed by atoms with E-state index in [1.54, 1.807) is 48.5 Å². The molecule has 2 N–H and O–H groups in total. The summed E-state index contributed by atoms with van der Waals surface area (Å²) in [5.74, 6) is -0.283. The lowest BCUT2D eigenvalue weighted by atomic mass is 10.2. The summed E-state index contributed by atoms with van der Waals surface area (Å²) < 4.78 is 10.8. The quantitative estimate of drug-likeness (QED) is 0.634. The van der Waals surface area contributed by atoms with E-state index in [1.807, 2.05) is 12.1 Å². The highest BCUT2D eigenvalue weighted by Gasteiger charge is 2.13. The van der Waals surface area contributed by atoms with Gasteiger partial charge in [-0.2, -0.15) is 0 Å². The van der Waals surface area contributed by atoms with Gasteiger partial charge in [-0.15, -0.1) is 0 Å². The highest BCUT2D eigenvalue weighted by atomic mass is 35.5. The topological polar surface area (TPSA) is 80.6 Å². The molecular weight excluding hydrogens is 368 g/mol. The molecule has 0 unspecified atom stereocenters. The minimum atomic E-state index is -0.753. The molecule has 0 saturated heterocycles.